The maximum Gasteiger partial charge on any atom is 0.224 e. The van der Waals surface area contributed by atoms with Crippen LogP contribution in [0.15, 0.2) is 24.4 Å². The van der Waals surface area contributed by atoms with Crippen LogP contribution in [-0.4, -0.2) is 17.0 Å². The molecule has 1 aromatic carbocycles. The largest absolute Gasteiger partial charge is 0.357 e. The Morgan fingerprint density at radius 2 is 2.00 bits per heavy atom. The lowest BCUT2D eigenvalue weighted by Gasteiger charge is -2.12. The summed E-state index contributed by atoms with van der Waals surface area (Å²) in [4.78, 5) is 8.34. The number of hydrogen-bond acceptors (Lipinski definition) is 4. The number of anilines is 3. The lowest BCUT2D eigenvalue weighted by atomic mass is 10.1. The molecule has 0 amide bonds. The van der Waals surface area contributed by atoms with Gasteiger partial charge in [-0.3, -0.25) is 0 Å². The van der Waals surface area contributed by atoms with E-state index in [1.165, 1.54) is 11.1 Å². The fourth-order valence-corrected chi connectivity index (χ4v) is 1.73. The number of nitrogens with one attached hydrogen (secondary N) is 2. The van der Waals surface area contributed by atoms with Crippen LogP contribution in [-0.2, 0) is 0 Å². The lowest BCUT2D eigenvalue weighted by molar-refractivity contribution is 1.15. The normalized spacial score (nSPS) is 10.2. The Bertz CT molecular complexity index is 569. The first kappa shape index (κ1) is 12.6. The smallest absolute Gasteiger partial charge is 0.224 e. The van der Waals surface area contributed by atoms with Gasteiger partial charge < -0.3 is 10.6 Å². The van der Waals surface area contributed by atoms with Gasteiger partial charge in [-0.15, -0.1) is 0 Å². The van der Waals surface area contributed by atoms with Gasteiger partial charge in [-0.25, -0.2) is 4.98 Å². The first-order chi connectivity index (χ1) is 8.61. The van der Waals surface area contributed by atoms with E-state index in [1.54, 1.807) is 13.2 Å². The second-order valence-electron chi connectivity index (χ2n) is 4.01. The third-order valence-corrected chi connectivity index (χ3v) is 3.10. The molecule has 0 unspecified atom stereocenters. The summed E-state index contributed by atoms with van der Waals surface area (Å²) in [5.41, 5.74) is 3.40. The number of halogens is 1. The zero-order valence-electron chi connectivity index (χ0n) is 10.6. The second kappa shape index (κ2) is 5.23. The van der Waals surface area contributed by atoms with Crippen LogP contribution >= 0.6 is 11.6 Å². The molecule has 0 spiro atoms. The number of aryl methyl sites for hydroxylation is 1. The number of benzene rings is 1. The van der Waals surface area contributed by atoms with Crippen LogP contribution in [0.25, 0.3) is 0 Å². The molecule has 0 atom stereocenters. The quantitative estimate of drug-likeness (QED) is 0.888. The van der Waals surface area contributed by atoms with E-state index in [0.29, 0.717) is 16.8 Å². The summed E-state index contributed by atoms with van der Waals surface area (Å²) < 4.78 is 0. The highest BCUT2D eigenvalue weighted by Gasteiger charge is 2.07. The van der Waals surface area contributed by atoms with Crippen LogP contribution in [0.1, 0.15) is 11.1 Å². The van der Waals surface area contributed by atoms with E-state index >= 15 is 0 Å². The molecule has 0 saturated carbocycles. The van der Waals surface area contributed by atoms with E-state index < -0.39 is 0 Å². The number of aromatic nitrogens is 2. The summed E-state index contributed by atoms with van der Waals surface area (Å²) in [5.74, 6) is 1.14. The van der Waals surface area contributed by atoms with Gasteiger partial charge in [-0.05, 0) is 31.0 Å². The van der Waals surface area contributed by atoms with Crippen LogP contribution in [0.3, 0.4) is 0 Å². The lowest BCUT2D eigenvalue weighted by Crippen LogP contribution is -2.02. The van der Waals surface area contributed by atoms with Crippen LogP contribution in [0, 0.1) is 13.8 Å². The van der Waals surface area contributed by atoms with Crippen molar-refractivity contribution in [2.75, 3.05) is 17.7 Å². The van der Waals surface area contributed by atoms with Crippen molar-refractivity contribution < 1.29 is 0 Å². The molecule has 0 radical (unpaired) electrons. The Kier molecular flexibility index (Phi) is 3.67. The summed E-state index contributed by atoms with van der Waals surface area (Å²) in [6.07, 6.45) is 1.58. The maximum atomic E-state index is 6.08. The molecule has 2 rings (SSSR count). The van der Waals surface area contributed by atoms with E-state index in [4.69, 9.17) is 11.6 Å². The van der Waals surface area contributed by atoms with E-state index in [0.717, 1.165) is 5.69 Å². The number of hydrogen-bond donors (Lipinski definition) is 2. The average molecular weight is 263 g/mol. The van der Waals surface area contributed by atoms with E-state index in [-0.39, 0.29) is 0 Å². The van der Waals surface area contributed by atoms with Gasteiger partial charge in [0.25, 0.3) is 0 Å². The molecule has 94 valence electrons. The van der Waals surface area contributed by atoms with Crippen LogP contribution in [0.5, 0.6) is 0 Å². The predicted octanol–water partition coefficient (Wildman–Crippen LogP) is 3.53. The molecule has 18 heavy (non-hydrogen) atoms. The number of rotatable bonds is 3. The first-order valence-electron chi connectivity index (χ1n) is 5.65. The van der Waals surface area contributed by atoms with Crippen molar-refractivity contribution in [3.8, 4) is 0 Å². The van der Waals surface area contributed by atoms with Crippen molar-refractivity contribution in [3.63, 3.8) is 0 Å². The van der Waals surface area contributed by atoms with Crippen molar-refractivity contribution in [2.45, 2.75) is 13.8 Å². The molecule has 0 saturated heterocycles. The van der Waals surface area contributed by atoms with Gasteiger partial charge >= 0.3 is 0 Å². The van der Waals surface area contributed by atoms with E-state index in [1.807, 2.05) is 12.1 Å². The third kappa shape index (κ3) is 2.54. The third-order valence-electron chi connectivity index (χ3n) is 2.83. The highest BCUT2D eigenvalue weighted by atomic mass is 35.5. The number of nitrogens with zero attached hydrogens (tertiary/aromatic N) is 2. The van der Waals surface area contributed by atoms with Gasteiger partial charge in [-0.1, -0.05) is 23.7 Å². The predicted molar refractivity (Wildman–Crippen MR) is 75.8 cm³/mol. The topological polar surface area (TPSA) is 49.8 Å². The molecule has 0 bridgehead atoms. The standard InChI is InChI=1S/C13H15ClN4/c1-8-5-4-6-11(9(8)2)17-12-10(14)7-16-13(15-3)18-12/h4-7H,1-3H3,(H2,15,16,17,18). The highest BCUT2D eigenvalue weighted by Crippen LogP contribution is 2.26. The molecule has 4 nitrogen and oxygen atoms in total. The molecule has 2 N–H and O–H groups in total. The molecule has 5 heteroatoms. The Labute approximate surface area is 111 Å². The van der Waals surface area contributed by atoms with Crippen LogP contribution < -0.4 is 10.6 Å². The second-order valence-corrected chi connectivity index (χ2v) is 4.42. The van der Waals surface area contributed by atoms with Crippen molar-refractivity contribution in [3.05, 3.63) is 40.5 Å². The van der Waals surface area contributed by atoms with Crippen molar-refractivity contribution >= 4 is 29.1 Å². The Balaban J connectivity index is 2.36. The minimum Gasteiger partial charge on any atom is -0.357 e. The summed E-state index contributed by atoms with van der Waals surface area (Å²) in [6, 6.07) is 6.07. The molecule has 0 aliphatic rings. The summed E-state index contributed by atoms with van der Waals surface area (Å²) >= 11 is 6.08. The van der Waals surface area contributed by atoms with Gasteiger partial charge in [0.15, 0.2) is 5.82 Å². The molecule has 0 fully saturated rings. The average Bonchev–Trinajstić information content (AvgIpc) is 2.37. The Hall–Kier alpha value is -1.81. The van der Waals surface area contributed by atoms with Crippen LogP contribution in [0.4, 0.5) is 17.5 Å². The fourth-order valence-electron chi connectivity index (χ4n) is 1.59. The molecular weight excluding hydrogens is 248 g/mol. The molecule has 0 aliphatic heterocycles. The molecule has 0 aliphatic carbocycles. The maximum absolute atomic E-state index is 6.08. The van der Waals surface area contributed by atoms with Gasteiger partial charge in [0.2, 0.25) is 5.95 Å². The van der Waals surface area contributed by atoms with Gasteiger partial charge in [0.1, 0.15) is 5.02 Å². The fraction of sp³-hybridized carbons (Fsp3) is 0.231. The minimum atomic E-state index is 0.495. The van der Waals surface area contributed by atoms with Gasteiger partial charge in [0.05, 0.1) is 6.20 Å². The van der Waals surface area contributed by atoms with Gasteiger partial charge in [-0.2, -0.15) is 4.98 Å². The Morgan fingerprint density at radius 3 is 2.72 bits per heavy atom. The molecule has 1 aromatic heterocycles. The monoisotopic (exact) mass is 262 g/mol. The van der Waals surface area contributed by atoms with E-state index in [9.17, 15) is 0 Å². The summed E-state index contributed by atoms with van der Waals surface area (Å²) in [6.45, 7) is 4.13. The highest BCUT2D eigenvalue weighted by molar-refractivity contribution is 6.32. The summed E-state index contributed by atoms with van der Waals surface area (Å²) in [5, 5.41) is 6.61. The zero-order valence-corrected chi connectivity index (χ0v) is 11.3. The Morgan fingerprint density at radius 1 is 1.22 bits per heavy atom. The molecular formula is C13H15ClN4. The minimum absolute atomic E-state index is 0.495. The van der Waals surface area contributed by atoms with Crippen molar-refractivity contribution in [2.24, 2.45) is 0 Å². The molecule has 2 aromatic rings. The van der Waals surface area contributed by atoms with Crippen molar-refractivity contribution in [1.82, 2.24) is 9.97 Å². The zero-order chi connectivity index (χ0) is 13.1. The molecule has 1 heterocycles. The van der Waals surface area contributed by atoms with Crippen molar-refractivity contribution in [1.29, 1.82) is 0 Å². The van der Waals surface area contributed by atoms with Gasteiger partial charge in [0, 0.05) is 12.7 Å². The van der Waals surface area contributed by atoms with Crippen LogP contribution in [0.2, 0.25) is 5.02 Å². The first-order valence-corrected chi connectivity index (χ1v) is 6.03. The SMILES string of the molecule is CNc1ncc(Cl)c(Nc2cccc(C)c2C)n1. The van der Waals surface area contributed by atoms with E-state index in [2.05, 4.69) is 40.5 Å². The summed E-state index contributed by atoms with van der Waals surface area (Å²) in [7, 11) is 1.77.